The van der Waals surface area contributed by atoms with E-state index in [1.54, 1.807) is 7.11 Å². The molecule has 0 amide bonds. The summed E-state index contributed by atoms with van der Waals surface area (Å²) in [7, 11) is 3.62. The molecule has 1 heterocycles. The molecule has 0 aliphatic rings. The third-order valence-electron chi connectivity index (χ3n) is 3.46. The SMILES string of the molecule is CCc1cc(C(Cc2cccc(OC)c2)NN)n(C)n1. The summed E-state index contributed by atoms with van der Waals surface area (Å²) < 4.78 is 7.14. The molecule has 0 aliphatic carbocycles. The summed E-state index contributed by atoms with van der Waals surface area (Å²) in [5, 5.41) is 4.47. The Balaban J connectivity index is 2.21. The number of hydrogen-bond acceptors (Lipinski definition) is 4. The second-order valence-electron chi connectivity index (χ2n) is 4.81. The first-order chi connectivity index (χ1) is 9.67. The van der Waals surface area contributed by atoms with E-state index in [0.29, 0.717) is 0 Å². The van der Waals surface area contributed by atoms with Crippen molar-refractivity contribution in [2.24, 2.45) is 12.9 Å². The number of nitrogens with zero attached hydrogens (tertiary/aromatic N) is 2. The van der Waals surface area contributed by atoms with Gasteiger partial charge in [0.15, 0.2) is 0 Å². The van der Waals surface area contributed by atoms with Gasteiger partial charge in [-0.15, -0.1) is 0 Å². The molecule has 0 aliphatic heterocycles. The number of benzene rings is 1. The highest BCUT2D eigenvalue weighted by Gasteiger charge is 2.16. The van der Waals surface area contributed by atoms with Crippen molar-refractivity contribution >= 4 is 0 Å². The minimum atomic E-state index is 0.0277. The summed E-state index contributed by atoms with van der Waals surface area (Å²) >= 11 is 0. The average Bonchev–Trinajstić information content (AvgIpc) is 2.86. The molecular formula is C15H22N4O. The quantitative estimate of drug-likeness (QED) is 0.622. The van der Waals surface area contributed by atoms with Gasteiger partial charge in [-0.05, 0) is 36.6 Å². The Labute approximate surface area is 119 Å². The molecule has 2 aromatic rings. The van der Waals surface area contributed by atoms with Gasteiger partial charge in [0.25, 0.3) is 0 Å². The van der Waals surface area contributed by atoms with Gasteiger partial charge >= 0.3 is 0 Å². The van der Waals surface area contributed by atoms with Crippen molar-refractivity contribution in [3.63, 3.8) is 0 Å². The average molecular weight is 274 g/mol. The first-order valence-electron chi connectivity index (χ1n) is 6.79. The zero-order valence-corrected chi connectivity index (χ0v) is 12.3. The Morgan fingerprint density at radius 1 is 1.40 bits per heavy atom. The molecule has 1 aromatic carbocycles. The molecule has 2 rings (SSSR count). The van der Waals surface area contributed by atoms with Gasteiger partial charge in [-0.3, -0.25) is 16.0 Å². The van der Waals surface area contributed by atoms with E-state index in [4.69, 9.17) is 10.6 Å². The van der Waals surface area contributed by atoms with Crippen LogP contribution < -0.4 is 16.0 Å². The molecule has 0 bridgehead atoms. The summed E-state index contributed by atoms with van der Waals surface area (Å²) in [6.07, 6.45) is 1.71. The molecule has 0 saturated heterocycles. The predicted molar refractivity (Wildman–Crippen MR) is 79.3 cm³/mol. The van der Waals surface area contributed by atoms with Gasteiger partial charge in [-0.2, -0.15) is 5.10 Å². The summed E-state index contributed by atoms with van der Waals surface area (Å²) in [4.78, 5) is 0. The van der Waals surface area contributed by atoms with Crippen molar-refractivity contribution in [1.82, 2.24) is 15.2 Å². The standard InChI is InChI=1S/C15H22N4O/c1-4-12-10-15(19(2)18-12)14(17-16)9-11-6-5-7-13(8-11)20-3/h5-8,10,14,17H,4,9,16H2,1-3H3. The Kier molecular flexibility index (Phi) is 4.76. The third-order valence-corrected chi connectivity index (χ3v) is 3.46. The first-order valence-corrected chi connectivity index (χ1v) is 6.79. The Morgan fingerprint density at radius 3 is 2.80 bits per heavy atom. The van der Waals surface area contributed by atoms with Gasteiger partial charge in [0.2, 0.25) is 0 Å². The van der Waals surface area contributed by atoms with Crippen LogP contribution in [0.3, 0.4) is 0 Å². The van der Waals surface area contributed by atoms with Crippen LogP contribution in [0.15, 0.2) is 30.3 Å². The molecule has 1 unspecified atom stereocenters. The topological polar surface area (TPSA) is 65.1 Å². The lowest BCUT2D eigenvalue weighted by Gasteiger charge is -2.16. The highest BCUT2D eigenvalue weighted by Crippen LogP contribution is 2.21. The van der Waals surface area contributed by atoms with E-state index in [0.717, 1.165) is 30.0 Å². The first kappa shape index (κ1) is 14.6. The van der Waals surface area contributed by atoms with Crippen LogP contribution >= 0.6 is 0 Å². The number of nitrogens with one attached hydrogen (secondary N) is 1. The smallest absolute Gasteiger partial charge is 0.119 e. The van der Waals surface area contributed by atoms with Gasteiger partial charge in [-0.1, -0.05) is 19.1 Å². The fraction of sp³-hybridized carbons (Fsp3) is 0.400. The zero-order chi connectivity index (χ0) is 14.5. The molecule has 0 spiro atoms. The third kappa shape index (κ3) is 3.18. The van der Waals surface area contributed by atoms with Crippen molar-refractivity contribution in [1.29, 1.82) is 0 Å². The van der Waals surface area contributed by atoms with E-state index < -0.39 is 0 Å². The van der Waals surface area contributed by atoms with Crippen LogP contribution in [0.2, 0.25) is 0 Å². The lowest BCUT2D eigenvalue weighted by molar-refractivity contribution is 0.413. The number of hydrogen-bond donors (Lipinski definition) is 2. The van der Waals surface area contributed by atoms with Gasteiger partial charge < -0.3 is 4.74 Å². The van der Waals surface area contributed by atoms with Crippen molar-refractivity contribution in [3.8, 4) is 5.75 Å². The van der Waals surface area contributed by atoms with Crippen LogP contribution in [0, 0.1) is 0 Å². The van der Waals surface area contributed by atoms with Gasteiger partial charge in [0.1, 0.15) is 5.75 Å². The number of aromatic nitrogens is 2. The minimum absolute atomic E-state index is 0.0277. The van der Waals surface area contributed by atoms with E-state index in [2.05, 4.69) is 29.6 Å². The number of aryl methyl sites for hydroxylation is 2. The second kappa shape index (κ2) is 6.54. The highest BCUT2D eigenvalue weighted by molar-refractivity contribution is 5.30. The lowest BCUT2D eigenvalue weighted by Crippen LogP contribution is -2.31. The Morgan fingerprint density at radius 2 is 2.20 bits per heavy atom. The Bertz CT molecular complexity index is 565. The second-order valence-corrected chi connectivity index (χ2v) is 4.81. The molecule has 108 valence electrons. The van der Waals surface area contributed by atoms with E-state index in [1.807, 2.05) is 29.9 Å². The van der Waals surface area contributed by atoms with Crippen molar-refractivity contribution < 1.29 is 4.74 Å². The van der Waals surface area contributed by atoms with Crippen LogP contribution in [0.4, 0.5) is 0 Å². The van der Waals surface area contributed by atoms with E-state index in [9.17, 15) is 0 Å². The fourth-order valence-corrected chi connectivity index (χ4v) is 2.33. The van der Waals surface area contributed by atoms with E-state index in [1.165, 1.54) is 5.56 Å². The molecular weight excluding hydrogens is 252 g/mol. The summed E-state index contributed by atoms with van der Waals surface area (Å²) in [5.41, 5.74) is 6.22. The lowest BCUT2D eigenvalue weighted by atomic mass is 10.0. The maximum Gasteiger partial charge on any atom is 0.119 e. The number of nitrogens with two attached hydrogens (primary N) is 1. The highest BCUT2D eigenvalue weighted by atomic mass is 16.5. The molecule has 1 atom stereocenters. The van der Waals surface area contributed by atoms with Crippen molar-refractivity contribution in [2.75, 3.05) is 7.11 Å². The van der Waals surface area contributed by atoms with Crippen molar-refractivity contribution in [3.05, 3.63) is 47.3 Å². The maximum absolute atomic E-state index is 5.72. The number of hydrazine groups is 1. The number of rotatable bonds is 6. The van der Waals surface area contributed by atoms with Crippen molar-refractivity contribution in [2.45, 2.75) is 25.8 Å². The molecule has 5 nitrogen and oxygen atoms in total. The van der Waals surface area contributed by atoms with Crippen LogP contribution in [0.1, 0.15) is 29.9 Å². The van der Waals surface area contributed by atoms with Crippen LogP contribution in [-0.4, -0.2) is 16.9 Å². The molecule has 20 heavy (non-hydrogen) atoms. The monoisotopic (exact) mass is 274 g/mol. The maximum atomic E-state index is 5.72. The van der Waals surface area contributed by atoms with E-state index >= 15 is 0 Å². The normalized spacial score (nSPS) is 12.4. The van der Waals surface area contributed by atoms with Crippen LogP contribution in [-0.2, 0) is 19.9 Å². The number of methoxy groups -OCH3 is 1. The molecule has 3 N–H and O–H groups in total. The van der Waals surface area contributed by atoms with Gasteiger partial charge in [-0.25, -0.2) is 0 Å². The van der Waals surface area contributed by atoms with Gasteiger partial charge in [0, 0.05) is 7.05 Å². The number of ether oxygens (including phenoxy) is 1. The summed E-state index contributed by atoms with van der Waals surface area (Å²) in [5.74, 6) is 6.58. The predicted octanol–water partition coefficient (Wildman–Crippen LogP) is 1.74. The Hall–Kier alpha value is -1.85. The van der Waals surface area contributed by atoms with Gasteiger partial charge in [0.05, 0.1) is 24.5 Å². The largest absolute Gasteiger partial charge is 0.497 e. The molecule has 0 radical (unpaired) electrons. The fourth-order valence-electron chi connectivity index (χ4n) is 2.33. The summed E-state index contributed by atoms with van der Waals surface area (Å²) in [6, 6.07) is 10.2. The minimum Gasteiger partial charge on any atom is -0.497 e. The molecule has 0 fully saturated rings. The van der Waals surface area contributed by atoms with Crippen LogP contribution in [0.25, 0.3) is 0 Å². The summed E-state index contributed by atoms with van der Waals surface area (Å²) in [6.45, 7) is 2.10. The molecule has 1 aromatic heterocycles. The van der Waals surface area contributed by atoms with E-state index in [-0.39, 0.29) is 6.04 Å². The zero-order valence-electron chi connectivity index (χ0n) is 12.3. The van der Waals surface area contributed by atoms with Crippen LogP contribution in [0.5, 0.6) is 5.75 Å². The molecule has 0 saturated carbocycles. The molecule has 5 heteroatoms.